The van der Waals surface area contributed by atoms with Crippen LogP contribution in [0.3, 0.4) is 0 Å². The first kappa shape index (κ1) is 15.1. The molecule has 3 rings (SSSR count). The molecule has 0 amide bonds. The van der Waals surface area contributed by atoms with Crippen molar-refractivity contribution in [2.45, 2.75) is 17.0 Å². The number of nitrogens with two attached hydrogens (primary N) is 1. The van der Waals surface area contributed by atoms with Crippen LogP contribution in [0.2, 0.25) is 0 Å². The Morgan fingerprint density at radius 1 is 1.27 bits per heavy atom. The number of nitrogens with zero attached hydrogens (tertiary/aromatic N) is 4. The van der Waals surface area contributed by atoms with Crippen molar-refractivity contribution in [2.24, 2.45) is 12.8 Å². The van der Waals surface area contributed by atoms with Crippen LogP contribution in [-0.4, -0.2) is 46.8 Å². The van der Waals surface area contributed by atoms with E-state index in [1.54, 1.807) is 19.2 Å². The van der Waals surface area contributed by atoms with Gasteiger partial charge in [-0.3, -0.25) is 4.68 Å². The summed E-state index contributed by atoms with van der Waals surface area (Å²) in [5.41, 5.74) is 6.90. The van der Waals surface area contributed by atoms with Gasteiger partial charge in [0, 0.05) is 32.1 Å². The van der Waals surface area contributed by atoms with Crippen molar-refractivity contribution in [3.63, 3.8) is 0 Å². The summed E-state index contributed by atoms with van der Waals surface area (Å²) in [5, 5.41) is 7.21. The molecule has 1 aromatic heterocycles. The molecule has 1 fully saturated rings. The van der Waals surface area contributed by atoms with Gasteiger partial charge in [0.05, 0.1) is 6.20 Å². The molecule has 1 aromatic carbocycles. The Hall–Kier alpha value is -1.84. The molecule has 0 unspecified atom stereocenters. The van der Waals surface area contributed by atoms with Crippen LogP contribution in [0.1, 0.15) is 11.5 Å². The van der Waals surface area contributed by atoms with Gasteiger partial charge in [0.1, 0.15) is 5.82 Å². The van der Waals surface area contributed by atoms with E-state index in [0.717, 1.165) is 5.56 Å². The summed E-state index contributed by atoms with van der Waals surface area (Å²) in [7, 11) is -2.11. The summed E-state index contributed by atoms with van der Waals surface area (Å²) in [5.74, 6) is -0.508. The van der Waals surface area contributed by atoms with E-state index in [4.69, 9.17) is 5.73 Å². The molecular formula is C13H16FN5O2S. The normalized spacial score (nSPS) is 23.0. The van der Waals surface area contributed by atoms with Gasteiger partial charge in [0.2, 0.25) is 5.03 Å². The maximum Gasteiger partial charge on any atom is 0.264 e. The van der Waals surface area contributed by atoms with E-state index < -0.39 is 10.0 Å². The second-order valence-corrected chi connectivity index (χ2v) is 7.26. The molecule has 118 valence electrons. The number of rotatable bonds is 3. The molecule has 9 heteroatoms. The van der Waals surface area contributed by atoms with Crippen LogP contribution in [0.25, 0.3) is 0 Å². The molecular weight excluding hydrogens is 309 g/mol. The van der Waals surface area contributed by atoms with Crippen LogP contribution in [0.5, 0.6) is 0 Å². The Morgan fingerprint density at radius 2 is 1.95 bits per heavy atom. The summed E-state index contributed by atoms with van der Waals surface area (Å²) in [6, 6.07) is 5.62. The van der Waals surface area contributed by atoms with E-state index in [1.165, 1.54) is 27.3 Å². The molecule has 0 bridgehead atoms. The average Bonchev–Trinajstić information content (AvgIpc) is 3.07. The lowest BCUT2D eigenvalue weighted by Crippen LogP contribution is -2.32. The molecule has 2 atom stereocenters. The summed E-state index contributed by atoms with van der Waals surface area (Å²) >= 11 is 0. The number of sulfonamides is 1. The van der Waals surface area contributed by atoms with Gasteiger partial charge in [-0.15, -0.1) is 5.10 Å². The van der Waals surface area contributed by atoms with Crippen LogP contribution in [0.15, 0.2) is 35.5 Å². The molecule has 2 aromatic rings. The predicted octanol–water partition coefficient (Wildman–Crippen LogP) is 0.0696. The number of benzene rings is 1. The second-order valence-electron chi connectivity index (χ2n) is 5.37. The highest BCUT2D eigenvalue weighted by molar-refractivity contribution is 7.89. The maximum atomic E-state index is 13.0. The molecule has 0 spiro atoms. The monoisotopic (exact) mass is 325 g/mol. The molecule has 2 N–H and O–H groups in total. The first-order valence-corrected chi connectivity index (χ1v) is 8.19. The van der Waals surface area contributed by atoms with Gasteiger partial charge in [-0.2, -0.15) is 4.31 Å². The number of halogens is 1. The van der Waals surface area contributed by atoms with Crippen molar-refractivity contribution in [3.05, 3.63) is 41.8 Å². The zero-order valence-electron chi connectivity index (χ0n) is 11.9. The van der Waals surface area contributed by atoms with Gasteiger partial charge in [0.15, 0.2) is 0 Å². The minimum Gasteiger partial charge on any atom is -0.326 e. The highest BCUT2D eigenvalue weighted by Crippen LogP contribution is 2.30. The fourth-order valence-corrected chi connectivity index (χ4v) is 4.04. The lowest BCUT2D eigenvalue weighted by Gasteiger charge is -2.15. The summed E-state index contributed by atoms with van der Waals surface area (Å²) in [6.45, 7) is 0.437. The van der Waals surface area contributed by atoms with E-state index in [2.05, 4.69) is 10.3 Å². The van der Waals surface area contributed by atoms with E-state index in [9.17, 15) is 12.8 Å². The summed E-state index contributed by atoms with van der Waals surface area (Å²) in [4.78, 5) is 0. The lowest BCUT2D eigenvalue weighted by molar-refractivity contribution is 0.467. The van der Waals surface area contributed by atoms with Crippen molar-refractivity contribution in [3.8, 4) is 0 Å². The molecule has 1 aliphatic heterocycles. The number of hydrogen-bond acceptors (Lipinski definition) is 5. The van der Waals surface area contributed by atoms with Crippen molar-refractivity contribution >= 4 is 10.0 Å². The molecule has 1 aliphatic rings. The molecule has 7 nitrogen and oxygen atoms in total. The summed E-state index contributed by atoms with van der Waals surface area (Å²) < 4.78 is 40.7. The minimum atomic E-state index is -3.72. The molecule has 0 radical (unpaired) electrons. The van der Waals surface area contributed by atoms with E-state index >= 15 is 0 Å². The first-order valence-electron chi connectivity index (χ1n) is 6.75. The molecule has 2 heterocycles. The maximum absolute atomic E-state index is 13.0. The average molecular weight is 325 g/mol. The number of aryl methyl sites for hydroxylation is 1. The van der Waals surface area contributed by atoms with Gasteiger partial charge in [-0.25, -0.2) is 12.8 Å². The Labute approximate surface area is 127 Å². The third kappa shape index (κ3) is 2.62. The Bertz CT molecular complexity index is 774. The van der Waals surface area contributed by atoms with Gasteiger partial charge in [0.25, 0.3) is 10.0 Å². The highest BCUT2D eigenvalue weighted by atomic mass is 32.2. The predicted molar refractivity (Wildman–Crippen MR) is 76.9 cm³/mol. The molecule has 0 saturated carbocycles. The van der Waals surface area contributed by atoms with Crippen LogP contribution in [-0.2, 0) is 17.1 Å². The van der Waals surface area contributed by atoms with Crippen molar-refractivity contribution < 1.29 is 12.8 Å². The van der Waals surface area contributed by atoms with Gasteiger partial charge < -0.3 is 5.73 Å². The standard InChI is InChI=1S/C13H16FN5O2S/c1-18-8-13(16-17-18)22(20,21)19-6-11(12(15)7-19)9-2-4-10(14)5-3-9/h2-5,8,11-12H,6-7,15H2,1H3/t11-,12+/m0/s1. The summed E-state index contributed by atoms with van der Waals surface area (Å²) in [6.07, 6.45) is 1.35. The molecule has 1 saturated heterocycles. The number of aromatic nitrogens is 3. The quantitative estimate of drug-likeness (QED) is 0.862. The topological polar surface area (TPSA) is 94.1 Å². The first-order chi connectivity index (χ1) is 10.4. The van der Waals surface area contributed by atoms with Crippen molar-refractivity contribution in [2.75, 3.05) is 13.1 Å². The lowest BCUT2D eigenvalue weighted by atomic mass is 9.95. The fourth-order valence-electron chi connectivity index (χ4n) is 2.63. The van der Waals surface area contributed by atoms with Crippen LogP contribution >= 0.6 is 0 Å². The van der Waals surface area contributed by atoms with E-state index in [1.807, 2.05) is 0 Å². The second kappa shape index (κ2) is 5.41. The Morgan fingerprint density at radius 3 is 2.55 bits per heavy atom. The largest absolute Gasteiger partial charge is 0.326 e. The third-order valence-electron chi connectivity index (χ3n) is 3.82. The molecule has 0 aliphatic carbocycles. The van der Waals surface area contributed by atoms with E-state index in [-0.39, 0.29) is 35.9 Å². The third-order valence-corrected chi connectivity index (χ3v) is 5.51. The zero-order chi connectivity index (χ0) is 15.9. The van der Waals surface area contributed by atoms with Crippen LogP contribution in [0.4, 0.5) is 4.39 Å². The smallest absolute Gasteiger partial charge is 0.264 e. The van der Waals surface area contributed by atoms with Crippen LogP contribution < -0.4 is 5.73 Å². The van der Waals surface area contributed by atoms with Crippen molar-refractivity contribution in [1.82, 2.24) is 19.3 Å². The Balaban J connectivity index is 1.85. The fraction of sp³-hybridized carbons (Fsp3) is 0.385. The minimum absolute atomic E-state index is 0.0954. The highest BCUT2D eigenvalue weighted by Gasteiger charge is 2.39. The van der Waals surface area contributed by atoms with Gasteiger partial charge >= 0.3 is 0 Å². The van der Waals surface area contributed by atoms with Gasteiger partial charge in [-0.1, -0.05) is 17.3 Å². The Kier molecular flexibility index (Phi) is 3.71. The number of hydrogen-bond donors (Lipinski definition) is 1. The van der Waals surface area contributed by atoms with Gasteiger partial charge in [-0.05, 0) is 17.7 Å². The van der Waals surface area contributed by atoms with Crippen LogP contribution in [0, 0.1) is 5.82 Å². The van der Waals surface area contributed by atoms with Crippen molar-refractivity contribution in [1.29, 1.82) is 0 Å². The SMILES string of the molecule is Cn1cc(S(=O)(=O)N2C[C@@H](N)[C@H](c3ccc(F)cc3)C2)nn1. The zero-order valence-corrected chi connectivity index (χ0v) is 12.7. The molecule has 22 heavy (non-hydrogen) atoms. The van der Waals surface area contributed by atoms with E-state index in [0.29, 0.717) is 0 Å².